The molecule has 132 valence electrons. The van der Waals surface area contributed by atoms with Gasteiger partial charge < -0.3 is 15.0 Å². The fourth-order valence-corrected chi connectivity index (χ4v) is 2.45. The van der Waals surface area contributed by atoms with Gasteiger partial charge in [-0.2, -0.15) is 0 Å². The number of amides is 2. The maximum Gasteiger partial charge on any atom is 0.314 e. The zero-order valence-electron chi connectivity index (χ0n) is 14.7. The van der Waals surface area contributed by atoms with Gasteiger partial charge in [0.05, 0.1) is 5.69 Å². The van der Waals surface area contributed by atoms with Crippen molar-refractivity contribution in [2.45, 2.75) is 26.7 Å². The smallest absolute Gasteiger partial charge is 0.314 e. The van der Waals surface area contributed by atoms with E-state index < -0.39 is 11.8 Å². The van der Waals surface area contributed by atoms with Gasteiger partial charge in [-0.1, -0.05) is 44.2 Å². The summed E-state index contributed by atoms with van der Waals surface area (Å²) < 4.78 is 5.81. The number of carbonyl (C=O) groups excluding carboxylic acids is 2. The summed E-state index contributed by atoms with van der Waals surface area (Å²) in [7, 11) is 0. The molecule has 0 aromatic heterocycles. The van der Waals surface area contributed by atoms with Gasteiger partial charge in [0.2, 0.25) is 0 Å². The molecule has 0 bridgehead atoms. The van der Waals surface area contributed by atoms with E-state index in [0.717, 1.165) is 12.8 Å². The van der Waals surface area contributed by atoms with Crippen molar-refractivity contribution in [2.24, 2.45) is 0 Å². The molecular formula is C20H24N2O3. The van der Waals surface area contributed by atoms with E-state index in [1.54, 1.807) is 23.1 Å². The minimum atomic E-state index is -0.647. The standard InChI is InChI=1S/C20H24N2O3/c1-3-14-22(15-4-2)20(24)19(23)21-17-12-8-9-13-18(17)25-16-10-6-5-7-11-16/h5-13H,3-4,14-15H2,1-2H3,(H,21,23). The Balaban J connectivity index is 2.11. The lowest BCUT2D eigenvalue weighted by molar-refractivity contribution is -0.143. The Bertz CT molecular complexity index is 695. The van der Waals surface area contributed by atoms with Crippen LogP contribution in [0.4, 0.5) is 5.69 Å². The molecule has 0 aliphatic carbocycles. The number of carbonyl (C=O) groups is 2. The Morgan fingerprint density at radius 1 is 0.920 bits per heavy atom. The Labute approximate surface area is 148 Å². The van der Waals surface area contributed by atoms with Crippen LogP contribution in [0.25, 0.3) is 0 Å². The third kappa shape index (κ3) is 5.35. The van der Waals surface area contributed by atoms with Crippen molar-refractivity contribution < 1.29 is 14.3 Å². The highest BCUT2D eigenvalue weighted by molar-refractivity contribution is 6.39. The summed E-state index contributed by atoms with van der Waals surface area (Å²) in [5, 5.41) is 2.67. The van der Waals surface area contributed by atoms with Crippen LogP contribution in [0.2, 0.25) is 0 Å². The summed E-state index contributed by atoms with van der Waals surface area (Å²) in [6.07, 6.45) is 1.62. The summed E-state index contributed by atoms with van der Waals surface area (Å²) in [5.74, 6) is -0.00859. The average molecular weight is 340 g/mol. The summed E-state index contributed by atoms with van der Waals surface area (Å²) in [4.78, 5) is 26.3. The van der Waals surface area contributed by atoms with E-state index in [1.807, 2.05) is 50.2 Å². The van der Waals surface area contributed by atoms with Crippen LogP contribution in [0.1, 0.15) is 26.7 Å². The fraction of sp³-hybridized carbons (Fsp3) is 0.300. The molecule has 0 heterocycles. The van der Waals surface area contributed by atoms with Crippen LogP contribution in [-0.2, 0) is 9.59 Å². The summed E-state index contributed by atoms with van der Waals surface area (Å²) in [6, 6.07) is 16.4. The first-order chi connectivity index (χ1) is 12.2. The average Bonchev–Trinajstić information content (AvgIpc) is 2.63. The zero-order valence-corrected chi connectivity index (χ0v) is 14.7. The molecule has 1 N–H and O–H groups in total. The Morgan fingerprint density at radius 3 is 2.16 bits per heavy atom. The minimum Gasteiger partial charge on any atom is -0.455 e. The summed E-state index contributed by atoms with van der Waals surface area (Å²) in [5.41, 5.74) is 0.470. The molecule has 0 saturated heterocycles. The molecule has 2 aromatic rings. The molecule has 25 heavy (non-hydrogen) atoms. The number of nitrogens with zero attached hydrogens (tertiary/aromatic N) is 1. The molecule has 0 unspecified atom stereocenters. The molecular weight excluding hydrogens is 316 g/mol. The van der Waals surface area contributed by atoms with Crippen molar-refractivity contribution in [3.05, 3.63) is 54.6 Å². The molecule has 2 amide bonds. The van der Waals surface area contributed by atoms with Crippen molar-refractivity contribution in [2.75, 3.05) is 18.4 Å². The second-order valence-corrected chi connectivity index (χ2v) is 5.66. The highest BCUT2D eigenvalue weighted by atomic mass is 16.5. The molecule has 0 fully saturated rings. The molecule has 0 aliphatic rings. The number of rotatable bonds is 7. The predicted molar refractivity (Wildman–Crippen MR) is 98.7 cm³/mol. The number of anilines is 1. The van der Waals surface area contributed by atoms with Crippen LogP contribution >= 0.6 is 0 Å². The molecule has 0 saturated carbocycles. The van der Waals surface area contributed by atoms with E-state index in [4.69, 9.17) is 4.74 Å². The van der Waals surface area contributed by atoms with E-state index in [2.05, 4.69) is 5.32 Å². The maximum absolute atomic E-state index is 12.4. The Hall–Kier alpha value is -2.82. The van der Waals surface area contributed by atoms with Crippen LogP contribution in [0, 0.1) is 0 Å². The third-order valence-electron chi connectivity index (χ3n) is 3.57. The number of ether oxygens (including phenoxy) is 1. The van der Waals surface area contributed by atoms with Crippen molar-refractivity contribution in [1.82, 2.24) is 4.90 Å². The Kier molecular flexibility index (Phi) is 7.01. The second-order valence-electron chi connectivity index (χ2n) is 5.66. The highest BCUT2D eigenvalue weighted by Crippen LogP contribution is 2.29. The quantitative estimate of drug-likeness (QED) is 0.773. The number of hydrogen-bond donors (Lipinski definition) is 1. The van der Waals surface area contributed by atoms with Crippen molar-refractivity contribution >= 4 is 17.5 Å². The predicted octanol–water partition coefficient (Wildman–Crippen LogP) is 4.07. The largest absolute Gasteiger partial charge is 0.455 e. The summed E-state index contributed by atoms with van der Waals surface area (Å²) in [6.45, 7) is 5.11. The van der Waals surface area contributed by atoms with Crippen LogP contribution in [-0.4, -0.2) is 29.8 Å². The molecule has 2 rings (SSSR count). The van der Waals surface area contributed by atoms with Crippen LogP contribution in [0.3, 0.4) is 0 Å². The van der Waals surface area contributed by atoms with E-state index >= 15 is 0 Å². The van der Waals surface area contributed by atoms with E-state index in [-0.39, 0.29) is 0 Å². The molecule has 0 spiro atoms. The van der Waals surface area contributed by atoms with E-state index in [1.165, 1.54) is 0 Å². The Morgan fingerprint density at radius 2 is 1.52 bits per heavy atom. The van der Waals surface area contributed by atoms with Gasteiger partial charge in [-0.25, -0.2) is 0 Å². The molecule has 2 aromatic carbocycles. The normalized spacial score (nSPS) is 10.2. The molecule has 0 radical (unpaired) electrons. The number of nitrogens with one attached hydrogen (secondary N) is 1. The van der Waals surface area contributed by atoms with Gasteiger partial charge in [-0.05, 0) is 37.1 Å². The third-order valence-corrected chi connectivity index (χ3v) is 3.57. The first-order valence-electron chi connectivity index (χ1n) is 8.57. The summed E-state index contributed by atoms with van der Waals surface area (Å²) >= 11 is 0. The van der Waals surface area contributed by atoms with Gasteiger partial charge in [0.25, 0.3) is 0 Å². The van der Waals surface area contributed by atoms with Gasteiger partial charge in [0.1, 0.15) is 5.75 Å². The lowest BCUT2D eigenvalue weighted by Gasteiger charge is -2.21. The zero-order chi connectivity index (χ0) is 18.1. The molecule has 5 heteroatoms. The van der Waals surface area contributed by atoms with E-state index in [9.17, 15) is 9.59 Å². The van der Waals surface area contributed by atoms with Gasteiger partial charge >= 0.3 is 11.8 Å². The van der Waals surface area contributed by atoms with E-state index in [0.29, 0.717) is 30.3 Å². The van der Waals surface area contributed by atoms with Gasteiger partial charge in [-0.3, -0.25) is 9.59 Å². The lowest BCUT2D eigenvalue weighted by atomic mass is 10.2. The van der Waals surface area contributed by atoms with Crippen LogP contribution < -0.4 is 10.1 Å². The maximum atomic E-state index is 12.4. The molecule has 0 aliphatic heterocycles. The minimum absolute atomic E-state index is 0.470. The fourth-order valence-electron chi connectivity index (χ4n) is 2.45. The molecule has 5 nitrogen and oxygen atoms in total. The topological polar surface area (TPSA) is 58.6 Å². The van der Waals surface area contributed by atoms with Crippen molar-refractivity contribution in [1.29, 1.82) is 0 Å². The number of benzene rings is 2. The van der Waals surface area contributed by atoms with Gasteiger partial charge in [0, 0.05) is 13.1 Å². The monoisotopic (exact) mass is 340 g/mol. The van der Waals surface area contributed by atoms with Crippen molar-refractivity contribution in [3.63, 3.8) is 0 Å². The van der Waals surface area contributed by atoms with Crippen LogP contribution in [0.15, 0.2) is 54.6 Å². The van der Waals surface area contributed by atoms with Gasteiger partial charge in [-0.15, -0.1) is 0 Å². The SMILES string of the molecule is CCCN(CCC)C(=O)C(=O)Nc1ccccc1Oc1ccccc1. The highest BCUT2D eigenvalue weighted by Gasteiger charge is 2.21. The first-order valence-corrected chi connectivity index (χ1v) is 8.57. The lowest BCUT2D eigenvalue weighted by Crippen LogP contribution is -2.40. The van der Waals surface area contributed by atoms with Gasteiger partial charge in [0.15, 0.2) is 5.75 Å². The molecule has 0 atom stereocenters. The van der Waals surface area contributed by atoms with Crippen molar-refractivity contribution in [3.8, 4) is 11.5 Å². The number of para-hydroxylation sites is 3. The second kappa shape index (κ2) is 9.47. The number of hydrogen-bond acceptors (Lipinski definition) is 3. The van der Waals surface area contributed by atoms with Crippen LogP contribution in [0.5, 0.6) is 11.5 Å². The first kappa shape index (κ1) is 18.5.